The van der Waals surface area contributed by atoms with Crippen LogP contribution >= 0.6 is 0 Å². The number of carboxylic acids is 1. The Balaban J connectivity index is 4.77. The van der Waals surface area contributed by atoms with E-state index in [-0.39, 0.29) is 5.91 Å². The Morgan fingerprint density at radius 3 is 1.93 bits per heavy atom. The highest BCUT2D eigenvalue weighted by Gasteiger charge is 2.44. The predicted molar refractivity (Wildman–Crippen MR) is 53.9 cm³/mol. The van der Waals surface area contributed by atoms with Crippen molar-refractivity contribution in [2.45, 2.75) is 46.6 Å². The van der Waals surface area contributed by atoms with E-state index in [2.05, 4.69) is 5.32 Å². The number of rotatable bonds is 4. The number of carboxylic acid groups (broad SMARTS) is 1. The molecule has 0 aliphatic carbocycles. The fraction of sp³-hybridized carbons (Fsp3) is 0.800. The molecule has 0 heterocycles. The number of carbonyl (C=O) groups excluding carboxylic acids is 1. The zero-order chi connectivity index (χ0) is 11.6. The molecular formula is C10H19NO3. The summed E-state index contributed by atoms with van der Waals surface area (Å²) in [5, 5.41) is 11.7. The van der Waals surface area contributed by atoms with Gasteiger partial charge in [0.05, 0.1) is 5.41 Å². The van der Waals surface area contributed by atoms with Crippen LogP contribution in [0.4, 0.5) is 0 Å². The van der Waals surface area contributed by atoms with Gasteiger partial charge >= 0.3 is 5.97 Å². The molecule has 0 atom stereocenters. The van der Waals surface area contributed by atoms with Crippen molar-refractivity contribution in [2.24, 2.45) is 5.41 Å². The molecule has 0 aromatic rings. The average molecular weight is 201 g/mol. The molecule has 0 aliphatic rings. The molecular weight excluding hydrogens is 182 g/mol. The Kier molecular flexibility index (Phi) is 3.68. The van der Waals surface area contributed by atoms with Crippen molar-refractivity contribution in [2.75, 3.05) is 0 Å². The molecule has 0 aromatic heterocycles. The first kappa shape index (κ1) is 12.9. The van der Waals surface area contributed by atoms with E-state index in [1.54, 1.807) is 34.6 Å². The molecule has 82 valence electrons. The third kappa shape index (κ3) is 2.47. The molecule has 2 N–H and O–H groups in total. The molecule has 0 rings (SSSR count). The lowest BCUT2D eigenvalue weighted by Crippen LogP contribution is -2.56. The van der Waals surface area contributed by atoms with Crippen molar-refractivity contribution in [1.29, 1.82) is 0 Å². The van der Waals surface area contributed by atoms with Gasteiger partial charge < -0.3 is 10.4 Å². The van der Waals surface area contributed by atoms with Crippen molar-refractivity contribution >= 4 is 11.9 Å². The monoisotopic (exact) mass is 201 g/mol. The first-order chi connectivity index (χ1) is 6.15. The summed E-state index contributed by atoms with van der Waals surface area (Å²) in [5.41, 5.74) is -1.75. The standard InChI is InChI=1S/C10H19NO3/c1-6-7(12)11-10(4,5)9(2,3)8(13)14/h6H2,1-5H3,(H,11,12)(H,13,14). The fourth-order valence-electron chi connectivity index (χ4n) is 0.861. The summed E-state index contributed by atoms with van der Waals surface area (Å²) in [4.78, 5) is 22.2. The van der Waals surface area contributed by atoms with Gasteiger partial charge in [-0.25, -0.2) is 0 Å². The van der Waals surface area contributed by atoms with Gasteiger partial charge in [-0.1, -0.05) is 6.92 Å². The molecule has 0 unspecified atom stereocenters. The van der Waals surface area contributed by atoms with Crippen LogP contribution in [0.1, 0.15) is 41.0 Å². The Morgan fingerprint density at radius 2 is 1.64 bits per heavy atom. The van der Waals surface area contributed by atoms with Crippen LogP contribution in [0.15, 0.2) is 0 Å². The summed E-state index contributed by atoms with van der Waals surface area (Å²) in [6.45, 7) is 8.37. The second kappa shape index (κ2) is 3.98. The summed E-state index contributed by atoms with van der Waals surface area (Å²) < 4.78 is 0. The minimum Gasteiger partial charge on any atom is -0.481 e. The van der Waals surface area contributed by atoms with Gasteiger partial charge in [0.2, 0.25) is 5.91 Å². The topological polar surface area (TPSA) is 66.4 Å². The van der Waals surface area contributed by atoms with Crippen molar-refractivity contribution in [3.63, 3.8) is 0 Å². The van der Waals surface area contributed by atoms with Crippen LogP contribution in [0.25, 0.3) is 0 Å². The van der Waals surface area contributed by atoms with Crippen LogP contribution in [0.3, 0.4) is 0 Å². The summed E-state index contributed by atoms with van der Waals surface area (Å²) >= 11 is 0. The number of hydrogen-bond donors (Lipinski definition) is 2. The van der Waals surface area contributed by atoms with Crippen LogP contribution in [0, 0.1) is 5.41 Å². The van der Waals surface area contributed by atoms with E-state index in [4.69, 9.17) is 5.11 Å². The maximum Gasteiger partial charge on any atom is 0.311 e. The van der Waals surface area contributed by atoms with Gasteiger partial charge in [-0.2, -0.15) is 0 Å². The van der Waals surface area contributed by atoms with E-state index in [0.29, 0.717) is 6.42 Å². The molecule has 0 aliphatic heterocycles. The molecule has 0 aromatic carbocycles. The van der Waals surface area contributed by atoms with Crippen molar-refractivity contribution < 1.29 is 14.7 Å². The lowest BCUT2D eigenvalue weighted by atomic mass is 9.74. The highest BCUT2D eigenvalue weighted by atomic mass is 16.4. The number of aliphatic carboxylic acids is 1. The van der Waals surface area contributed by atoms with Gasteiger partial charge in [0, 0.05) is 12.0 Å². The maximum absolute atomic E-state index is 11.2. The van der Waals surface area contributed by atoms with E-state index >= 15 is 0 Å². The highest BCUT2D eigenvalue weighted by Crippen LogP contribution is 2.30. The van der Waals surface area contributed by atoms with E-state index in [1.165, 1.54) is 0 Å². The van der Waals surface area contributed by atoms with Gasteiger partial charge in [0.25, 0.3) is 0 Å². The number of nitrogens with one attached hydrogen (secondary N) is 1. The van der Waals surface area contributed by atoms with Gasteiger partial charge in [-0.15, -0.1) is 0 Å². The Hall–Kier alpha value is -1.06. The molecule has 0 spiro atoms. The molecule has 0 saturated carbocycles. The van der Waals surface area contributed by atoms with E-state index < -0.39 is 16.9 Å². The number of amides is 1. The summed E-state index contributed by atoms with van der Waals surface area (Å²) in [6, 6.07) is 0. The first-order valence-corrected chi connectivity index (χ1v) is 4.69. The molecule has 4 nitrogen and oxygen atoms in total. The smallest absolute Gasteiger partial charge is 0.311 e. The van der Waals surface area contributed by atoms with Crippen molar-refractivity contribution in [3.05, 3.63) is 0 Å². The van der Waals surface area contributed by atoms with Gasteiger partial charge in [0.1, 0.15) is 0 Å². The van der Waals surface area contributed by atoms with Crippen LogP contribution in [-0.4, -0.2) is 22.5 Å². The van der Waals surface area contributed by atoms with Crippen molar-refractivity contribution in [1.82, 2.24) is 5.32 Å². The molecule has 4 heteroatoms. The summed E-state index contributed by atoms with van der Waals surface area (Å²) in [5.74, 6) is -1.05. The second-order valence-corrected chi connectivity index (χ2v) is 4.46. The van der Waals surface area contributed by atoms with E-state index in [9.17, 15) is 9.59 Å². The normalized spacial score (nSPS) is 12.4. The molecule has 0 radical (unpaired) electrons. The average Bonchev–Trinajstić information content (AvgIpc) is 2.02. The summed E-state index contributed by atoms with van der Waals surface area (Å²) in [6.07, 6.45) is 0.360. The zero-order valence-corrected chi connectivity index (χ0v) is 9.47. The largest absolute Gasteiger partial charge is 0.481 e. The SMILES string of the molecule is CCC(=O)NC(C)(C)C(C)(C)C(=O)O. The fourth-order valence-corrected chi connectivity index (χ4v) is 0.861. The zero-order valence-electron chi connectivity index (χ0n) is 9.47. The van der Waals surface area contributed by atoms with E-state index in [0.717, 1.165) is 0 Å². The maximum atomic E-state index is 11.2. The van der Waals surface area contributed by atoms with Gasteiger partial charge in [-0.05, 0) is 27.7 Å². The van der Waals surface area contributed by atoms with Crippen LogP contribution < -0.4 is 5.32 Å². The third-order valence-electron chi connectivity index (χ3n) is 2.87. The lowest BCUT2D eigenvalue weighted by molar-refractivity contribution is -0.151. The minimum atomic E-state index is -0.988. The second-order valence-electron chi connectivity index (χ2n) is 4.46. The van der Waals surface area contributed by atoms with Gasteiger partial charge in [0.15, 0.2) is 0 Å². The Morgan fingerprint density at radius 1 is 1.21 bits per heavy atom. The quantitative estimate of drug-likeness (QED) is 0.722. The summed E-state index contributed by atoms with van der Waals surface area (Å²) in [7, 11) is 0. The number of carbonyl (C=O) groups is 2. The Labute approximate surface area is 84.7 Å². The minimum absolute atomic E-state index is 0.135. The number of hydrogen-bond acceptors (Lipinski definition) is 2. The predicted octanol–water partition coefficient (Wildman–Crippen LogP) is 1.40. The van der Waals surface area contributed by atoms with E-state index in [1.807, 2.05) is 0 Å². The third-order valence-corrected chi connectivity index (χ3v) is 2.87. The van der Waals surface area contributed by atoms with Crippen LogP contribution in [0.2, 0.25) is 0 Å². The molecule has 1 amide bonds. The molecule has 0 bridgehead atoms. The van der Waals surface area contributed by atoms with Gasteiger partial charge in [-0.3, -0.25) is 9.59 Å². The highest BCUT2D eigenvalue weighted by molar-refractivity contribution is 5.80. The molecule has 0 saturated heterocycles. The van der Waals surface area contributed by atoms with Crippen molar-refractivity contribution in [3.8, 4) is 0 Å². The van der Waals surface area contributed by atoms with Crippen LogP contribution in [0.5, 0.6) is 0 Å². The Bertz CT molecular complexity index is 244. The molecule has 14 heavy (non-hydrogen) atoms. The lowest BCUT2D eigenvalue weighted by Gasteiger charge is -2.38. The molecule has 0 fully saturated rings. The van der Waals surface area contributed by atoms with Crippen LogP contribution in [-0.2, 0) is 9.59 Å². The first-order valence-electron chi connectivity index (χ1n) is 4.69.